The zero-order valence-corrected chi connectivity index (χ0v) is 14.6. The minimum Gasteiger partial charge on any atom is -0.473 e. The molecule has 2 aromatic rings. The topological polar surface area (TPSA) is 68.5 Å². The number of carbonyl (C=O) groups is 1. The lowest BCUT2D eigenvalue weighted by molar-refractivity contribution is 0.0506. The number of thioether (sulfide) groups is 1. The van der Waals surface area contributed by atoms with E-state index in [0.29, 0.717) is 17.5 Å². The molecule has 3 aliphatic rings. The summed E-state index contributed by atoms with van der Waals surface area (Å²) >= 11 is 1.90. The monoisotopic (exact) mass is 357 g/mol. The van der Waals surface area contributed by atoms with E-state index in [1.165, 1.54) is 0 Å². The SMILES string of the molecule is O=C(c1cc(C2CC2)on1)N1CC2(CC(Oc3ccccn3)CS2)C1. The van der Waals surface area contributed by atoms with Gasteiger partial charge in [-0.3, -0.25) is 4.79 Å². The standard InChI is InChI=1S/C18H19N3O3S/c22-17(14-7-15(24-20-14)12-4-5-12)21-10-18(11-21)8-13(9-25-18)23-16-3-1-2-6-19-16/h1-3,6-7,12-13H,4-5,8-11H2. The number of hydrogen-bond donors (Lipinski definition) is 0. The predicted molar refractivity (Wildman–Crippen MR) is 92.8 cm³/mol. The number of hydrogen-bond acceptors (Lipinski definition) is 6. The number of rotatable bonds is 4. The molecule has 5 rings (SSSR count). The van der Waals surface area contributed by atoms with Crippen LogP contribution in [0.25, 0.3) is 0 Å². The molecule has 0 aromatic carbocycles. The van der Waals surface area contributed by atoms with E-state index >= 15 is 0 Å². The fraction of sp³-hybridized carbons (Fsp3) is 0.500. The van der Waals surface area contributed by atoms with E-state index in [1.807, 2.05) is 40.9 Å². The molecule has 0 radical (unpaired) electrons. The second-order valence-corrected chi connectivity index (χ2v) is 8.64. The smallest absolute Gasteiger partial charge is 0.276 e. The van der Waals surface area contributed by atoms with Crippen LogP contribution >= 0.6 is 11.8 Å². The van der Waals surface area contributed by atoms with E-state index in [1.54, 1.807) is 6.20 Å². The van der Waals surface area contributed by atoms with E-state index in [2.05, 4.69) is 10.1 Å². The molecule has 2 aliphatic heterocycles. The molecular weight excluding hydrogens is 338 g/mol. The first-order valence-electron chi connectivity index (χ1n) is 8.68. The molecule has 4 heterocycles. The first-order chi connectivity index (χ1) is 12.2. The molecule has 7 heteroatoms. The molecule has 2 aromatic heterocycles. The molecule has 0 N–H and O–H groups in total. The van der Waals surface area contributed by atoms with Gasteiger partial charge in [-0.1, -0.05) is 11.2 Å². The number of aromatic nitrogens is 2. The molecule has 1 saturated carbocycles. The lowest BCUT2D eigenvalue weighted by Gasteiger charge is -2.47. The largest absolute Gasteiger partial charge is 0.473 e. The summed E-state index contributed by atoms with van der Waals surface area (Å²) in [5, 5.41) is 3.96. The van der Waals surface area contributed by atoms with Crippen LogP contribution in [-0.4, -0.2) is 50.6 Å². The van der Waals surface area contributed by atoms with Crippen LogP contribution in [0.4, 0.5) is 0 Å². The summed E-state index contributed by atoms with van der Waals surface area (Å²) in [7, 11) is 0. The van der Waals surface area contributed by atoms with Crippen LogP contribution in [0.5, 0.6) is 5.88 Å². The van der Waals surface area contributed by atoms with Gasteiger partial charge >= 0.3 is 0 Å². The Kier molecular flexibility index (Phi) is 3.51. The molecule has 1 aliphatic carbocycles. The van der Waals surface area contributed by atoms with Crippen molar-refractivity contribution >= 4 is 17.7 Å². The summed E-state index contributed by atoms with van der Waals surface area (Å²) < 4.78 is 11.4. The maximum absolute atomic E-state index is 12.5. The Morgan fingerprint density at radius 2 is 2.24 bits per heavy atom. The first kappa shape index (κ1) is 15.3. The van der Waals surface area contributed by atoms with E-state index in [9.17, 15) is 4.79 Å². The van der Waals surface area contributed by atoms with Crippen LogP contribution < -0.4 is 4.74 Å². The molecular formula is C18H19N3O3S. The van der Waals surface area contributed by atoms with Crippen LogP contribution in [0, 0.1) is 0 Å². The third kappa shape index (κ3) is 2.90. The number of ether oxygens (including phenoxy) is 1. The van der Waals surface area contributed by atoms with Crippen LogP contribution in [0.3, 0.4) is 0 Å². The van der Waals surface area contributed by atoms with Crippen molar-refractivity contribution in [2.75, 3.05) is 18.8 Å². The number of likely N-dealkylation sites (tertiary alicyclic amines) is 1. The summed E-state index contributed by atoms with van der Waals surface area (Å²) in [4.78, 5) is 18.6. The maximum atomic E-state index is 12.5. The number of pyridine rings is 1. The van der Waals surface area contributed by atoms with Gasteiger partial charge in [-0.2, -0.15) is 0 Å². The summed E-state index contributed by atoms with van der Waals surface area (Å²) in [6.07, 6.45) is 5.13. The zero-order valence-electron chi connectivity index (χ0n) is 13.8. The van der Waals surface area contributed by atoms with Gasteiger partial charge in [0.05, 0.1) is 4.75 Å². The predicted octanol–water partition coefficient (Wildman–Crippen LogP) is 2.73. The van der Waals surface area contributed by atoms with Crippen LogP contribution in [0.1, 0.15) is 41.4 Å². The Hall–Kier alpha value is -2.02. The Morgan fingerprint density at radius 3 is 3.00 bits per heavy atom. The van der Waals surface area contributed by atoms with Crippen molar-refractivity contribution in [2.24, 2.45) is 0 Å². The van der Waals surface area contributed by atoms with Gasteiger partial charge in [0.15, 0.2) is 5.69 Å². The average molecular weight is 357 g/mol. The van der Waals surface area contributed by atoms with Gasteiger partial charge in [-0.05, 0) is 18.9 Å². The lowest BCUT2D eigenvalue weighted by Crippen LogP contribution is -2.60. The molecule has 25 heavy (non-hydrogen) atoms. The van der Waals surface area contributed by atoms with Gasteiger partial charge in [0.2, 0.25) is 5.88 Å². The van der Waals surface area contributed by atoms with Crippen molar-refractivity contribution in [2.45, 2.75) is 36.0 Å². The van der Waals surface area contributed by atoms with E-state index in [4.69, 9.17) is 9.26 Å². The molecule has 0 bridgehead atoms. The number of nitrogens with zero attached hydrogens (tertiary/aromatic N) is 3. The van der Waals surface area contributed by atoms with Crippen molar-refractivity contribution in [3.05, 3.63) is 41.9 Å². The maximum Gasteiger partial charge on any atom is 0.276 e. The Morgan fingerprint density at radius 1 is 1.36 bits per heavy atom. The van der Waals surface area contributed by atoms with E-state index in [-0.39, 0.29) is 16.8 Å². The van der Waals surface area contributed by atoms with Gasteiger partial charge in [0.25, 0.3) is 5.91 Å². The second-order valence-electron chi connectivity index (χ2n) is 7.16. The highest BCUT2D eigenvalue weighted by atomic mass is 32.2. The average Bonchev–Trinajstić information content (AvgIpc) is 3.17. The summed E-state index contributed by atoms with van der Waals surface area (Å²) in [6.45, 7) is 1.51. The molecule has 3 fully saturated rings. The fourth-order valence-corrected chi connectivity index (χ4v) is 5.11. The summed E-state index contributed by atoms with van der Waals surface area (Å²) in [6, 6.07) is 7.51. The van der Waals surface area contributed by atoms with E-state index in [0.717, 1.165) is 43.9 Å². The number of amides is 1. The molecule has 1 atom stereocenters. The molecule has 1 amide bonds. The quantitative estimate of drug-likeness (QED) is 0.838. The first-order valence-corrected chi connectivity index (χ1v) is 9.67. The van der Waals surface area contributed by atoms with Crippen molar-refractivity contribution in [3.63, 3.8) is 0 Å². The second kappa shape index (κ2) is 5.76. The minimum atomic E-state index is -0.0176. The third-order valence-electron chi connectivity index (χ3n) is 5.07. The van der Waals surface area contributed by atoms with Crippen LogP contribution in [0.15, 0.2) is 35.0 Å². The lowest BCUT2D eigenvalue weighted by atomic mass is 9.92. The Bertz CT molecular complexity index is 784. The highest BCUT2D eigenvalue weighted by Gasteiger charge is 2.51. The van der Waals surface area contributed by atoms with Gasteiger partial charge in [0.1, 0.15) is 11.9 Å². The Balaban J connectivity index is 1.17. The van der Waals surface area contributed by atoms with Gasteiger partial charge in [0, 0.05) is 49.5 Å². The summed E-state index contributed by atoms with van der Waals surface area (Å²) in [5.41, 5.74) is 0.445. The minimum absolute atomic E-state index is 0.0176. The van der Waals surface area contributed by atoms with Crippen molar-refractivity contribution in [3.8, 4) is 5.88 Å². The molecule has 1 unspecified atom stereocenters. The van der Waals surface area contributed by atoms with Gasteiger partial charge < -0.3 is 14.2 Å². The van der Waals surface area contributed by atoms with Crippen molar-refractivity contribution < 1.29 is 14.1 Å². The van der Waals surface area contributed by atoms with Crippen LogP contribution in [-0.2, 0) is 0 Å². The van der Waals surface area contributed by atoms with Gasteiger partial charge in [-0.25, -0.2) is 4.98 Å². The number of carbonyl (C=O) groups excluding carboxylic acids is 1. The van der Waals surface area contributed by atoms with E-state index < -0.39 is 0 Å². The highest BCUT2D eigenvalue weighted by Crippen LogP contribution is 2.46. The Labute approximate surface area is 149 Å². The summed E-state index contributed by atoms with van der Waals surface area (Å²) in [5.74, 6) is 2.93. The molecule has 2 saturated heterocycles. The van der Waals surface area contributed by atoms with Crippen molar-refractivity contribution in [1.82, 2.24) is 15.0 Å². The highest BCUT2D eigenvalue weighted by molar-refractivity contribution is 8.01. The van der Waals surface area contributed by atoms with Gasteiger partial charge in [-0.15, -0.1) is 11.8 Å². The van der Waals surface area contributed by atoms with Crippen molar-refractivity contribution in [1.29, 1.82) is 0 Å². The third-order valence-corrected chi connectivity index (χ3v) is 6.65. The fourth-order valence-electron chi connectivity index (χ4n) is 3.59. The molecule has 130 valence electrons. The molecule has 6 nitrogen and oxygen atoms in total. The van der Waals surface area contributed by atoms with Crippen LogP contribution in [0.2, 0.25) is 0 Å². The molecule has 1 spiro atoms. The normalized spacial score (nSPS) is 24.3. The zero-order chi connectivity index (χ0) is 16.9.